The molecule has 2 aromatic rings. The van der Waals surface area contributed by atoms with E-state index in [0.29, 0.717) is 29.0 Å². The summed E-state index contributed by atoms with van der Waals surface area (Å²) < 4.78 is 0. The van der Waals surface area contributed by atoms with Crippen LogP contribution in [-0.2, 0) is 9.59 Å². The van der Waals surface area contributed by atoms with Crippen LogP contribution in [0.5, 0.6) is 0 Å². The number of carbonyl (C=O) groups excluding carboxylic acids is 3. The molecule has 2 aliphatic rings. The number of hydroxylamine groups is 1. The lowest BCUT2D eigenvalue weighted by Crippen LogP contribution is -2.50. The molecular weight excluding hydrogens is 506 g/mol. The minimum Gasteiger partial charge on any atom is -0.339 e. The molecule has 214 valence electrons. The predicted molar refractivity (Wildman–Crippen MR) is 155 cm³/mol. The van der Waals surface area contributed by atoms with E-state index in [1.54, 1.807) is 24.3 Å². The highest BCUT2D eigenvalue weighted by atomic mass is 16.5. The lowest BCUT2D eigenvalue weighted by molar-refractivity contribution is -0.130. The Morgan fingerprint density at radius 3 is 2.17 bits per heavy atom. The standard InChI is InChI=1S/C30H37N5O4.CH4/c1-30(2)23-11-14-25(30)22(15-23)17-32-18-27(36)33-24-12-7-20(8-13-24)4-3-19-5-9-21(10-6-19)28(37)34-26(16-31)29(38)35-39;/h5-10,12-13,22-23,25-26,32,39H,11,14-18,31H2,1-2H3,(H,33,36)(H,34,37)(H,35,38);1H4/t22-,23?,25-,26-;/m0./s1. The molecule has 0 aliphatic heterocycles. The third-order valence-electron chi connectivity index (χ3n) is 8.32. The topological polar surface area (TPSA) is 146 Å². The highest BCUT2D eigenvalue weighted by Crippen LogP contribution is 2.59. The predicted octanol–water partition coefficient (Wildman–Crippen LogP) is 2.89. The minimum absolute atomic E-state index is 0. The van der Waals surface area contributed by atoms with Crippen LogP contribution in [0.2, 0.25) is 0 Å². The number of carbonyl (C=O) groups is 3. The van der Waals surface area contributed by atoms with Gasteiger partial charge in [-0.2, -0.15) is 0 Å². The summed E-state index contributed by atoms with van der Waals surface area (Å²) in [5.74, 6) is 7.03. The molecule has 40 heavy (non-hydrogen) atoms. The number of hydrogen-bond acceptors (Lipinski definition) is 6. The highest BCUT2D eigenvalue weighted by Gasteiger charge is 2.52. The summed E-state index contributed by atoms with van der Waals surface area (Å²) in [6.07, 6.45) is 3.94. The first-order valence-corrected chi connectivity index (χ1v) is 13.4. The average Bonchev–Trinajstić information content (AvgIpc) is 3.36. The molecule has 1 unspecified atom stereocenters. The van der Waals surface area contributed by atoms with Crippen molar-refractivity contribution in [2.24, 2.45) is 28.9 Å². The van der Waals surface area contributed by atoms with Gasteiger partial charge in [-0.15, -0.1) is 0 Å². The van der Waals surface area contributed by atoms with Crippen molar-refractivity contribution >= 4 is 23.4 Å². The molecule has 0 heterocycles. The van der Waals surface area contributed by atoms with E-state index in [2.05, 4.69) is 41.6 Å². The molecule has 2 bridgehead atoms. The number of nitrogens with two attached hydrogens (primary N) is 1. The zero-order chi connectivity index (χ0) is 28.0. The second kappa shape index (κ2) is 13.6. The SMILES string of the molecule is C.CC1(C)C2CC[C@H]1[C@H](CNCC(=O)Nc1ccc(C#Cc3ccc(C(=O)N[C@@H](CN)C(=O)NO)cc3)cc1)C2. The van der Waals surface area contributed by atoms with Crippen molar-refractivity contribution in [3.8, 4) is 11.8 Å². The molecule has 0 saturated heterocycles. The van der Waals surface area contributed by atoms with E-state index in [4.69, 9.17) is 10.9 Å². The summed E-state index contributed by atoms with van der Waals surface area (Å²) in [6.45, 7) is 5.84. The molecular formula is C31H41N5O4. The Morgan fingerprint density at radius 1 is 1.02 bits per heavy atom. The zero-order valence-corrected chi connectivity index (χ0v) is 22.4. The second-order valence-electron chi connectivity index (χ2n) is 11.0. The molecule has 0 radical (unpaired) electrons. The third-order valence-corrected chi connectivity index (χ3v) is 8.32. The maximum atomic E-state index is 12.4. The lowest BCUT2D eigenvalue weighted by atomic mass is 9.80. The number of anilines is 1. The molecule has 9 heteroatoms. The zero-order valence-electron chi connectivity index (χ0n) is 22.4. The van der Waals surface area contributed by atoms with Crippen molar-refractivity contribution in [3.63, 3.8) is 0 Å². The highest BCUT2D eigenvalue weighted by molar-refractivity contribution is 5.97. The van der Waals surface area contributed by atoms with Crippen LogP contribution in [-0.4, -0.2) is 48.6 Å². The van der Waals surface area contributed by atoms with E-state index in [-0.39, 0.29) is 19.9 Å². The summed E-state index contributed by atoms with van der Waals surface area (Å²) in [6, 6.07) is 12.9. The summed E-state index contributed by atoms with van der Waals surface area (Å²) in [5.41, 5.74) is 9.91. The van der Waals surface area contributed by atoms with Crippen molar-refractivity contribution in [1.29, 1.82) is 0 Å². The van der Waals surface area contributed by atoms with Gasteiger partial charge in [0.1, 0.15) is 6.04 Å². The van der Waals surface area contributed by atoms with Gasteiger partial charge in [0.15, 0.2) is 0 Å². The Hall–Kier alpha value is -3.71. The summed E-state index contributed by atoms with van der Waals surface area (Å²) in [7, 11) is 0. The fourth-order valence-corrected chi connectivity index (χ4v) is 6.06. The van der Waals surface area contributed by atoms with Crippen LogP contribution in [0.4, 0.5) is 5.69 Å². The third kappa shape index (κ3) is 7.27. The van der Waals surface area contributed by atoms with Crippen LogP contribution in [0, 0.1) is 35.0 Å². The number of fused-ring (bicyclic) bond motifs is 2. The summed E-state index contributed by atoms with van der Waals surface area (Å²) in [5, 5.41) is 17.5. The van der Waals surface area contributed by atoms with Crippen molar-refractivity contribution in [2.45, 2.75) is 46.6 Å². The van der Waals surface area contributed by atoms with Crippen molar-refractivity contribution in [1.82, 2.24) is 16.1 Å². The van der Waals surface area contributed by atoms with E-state index in [9.17, 15) is 14.4 Å². The Balaban J connectivity index is 0.00000441. The molecule has 0 aromatic heterocycles. The Kier molecular flexibility index (Phi) is 10.5. The van der Waals surface area contributed by atoms with Gasteiger partial charge in [0.25, 0.3) is 11.8 Å². The van der Waals surface area contributed by atoms with Gasteiger partial charge in [-0.05, 0) is 97.5 Å². The van der Waals surface area contributed by atoms with Gasteiger partial charge in [-0.1, -0.05) is 33.1 Å². The van der Waals surface area contributed by atoms with Crippen LogP contribution in [0.1, 0.15) is 62.0 Å². The van der Waals surface area contributed by atoms with E-state index < -0.39 is 17.9 Å². The van der Waals surface area contributed by atoms with Gasteiger partial charge in [0, 0.05) is 28.9 Å². The normalized spacial score (nSPS) is 20.9. The maximum Gasteiger partial charge on any atom is 0.267 e. The van der Waals surface area contributed by atoms with Gasteiger partial charge < -0.3 is 21.7 Å². The first kappa shape index (κ1) is 30.8. The van der Waals surface area contributed by atoms with E-state index in [1.807, 2.05) is 24.3 Å². The van der Waals surface area contributed by atoms with Crippen LogP contribution in [0.25, 0.3) is 0 Å². The lowest BCUT2D eigenvalue weighted by Gasteiger charge is -2.26. The fraction of sp³-hybridized carbons (Fsp3) is 0.452. The monoisotopic (exact) mass is 547 g/mol. The van der Waals surface area contributed by atoms with Gasteiger partial charge in [0.05, 0.1) is 6.54 Å². The van der Waals surface area contributed by atoms with Crippen LogP contribution in [0.3, 0.4) is 0 Å². The van der Waals surface area contributed by atoms with E-state index >= 15 is 0 Å². The Bertz CT molecular complexity index is 1250. The molecule has 7 N–H and O–H groups in total. The number of rotatable bonds is 9. The maximum absolute atomic E-state index is 12.4. The molecule has 0 spiro atoms. The Morgan fingerprint density at radius 2 is 1.65 bits per heavy atom. The van der Waals surface area contributed by atoms with E-state index in [0.717, 1.165) is 29.6 Å². The van der Waals surface area contributed by atoms with Gasteiger partial charge >= 0.3 is 0 Å². The summed E-state index contributed by atoms with van der Waals surface area (Å²) >= 11 is 0. The second-order valence-corrected chi connectivity index (χ2v) is 11.0. The first-order chi connectivity index (χ1) is 18.7. The molecule has 2 aliphatic carbocycles. The fourth-order valence-electron chi connectivity index (χ4n) is 6.06. The molecule has 3 amide bonds. The number of amides is 3. The smallest absolute Gasteiger partial charge is 0.267 e. The largest absolute Gasteiger partial charge is 0.339 e. The number of nitrogens with one attached hydrogen (secondary N) is 4. The molecule has 2 fully saturated rings. The summed E-state index contributed by atoms with van der Waals surface area (Å²) in [4.78, 5) is 36.2. The minimum atomic E-state index is -1.04. The van der Waals surface area contributed by atoms with E-state index in [1.165, 1.54) is 24.7 Å². The number of hydrogen-bond donors (Lipinski definition) is 6. The molecule has 2 aromatic carbocycles. The van der Waals surface area contributed by atoms with Gasteiger partial charge in [0.2, 0.25) is 5.91 Å². The average molecular weight is 548 g/mol. The first-order valence-electron chi connectivity index (χ1n) is 13.4. The molecule has 2 saturated carbocycles. The van der Waals surface area contributed by atoms with Crippen molar-refractivity contribution in [3.05, 3.63) is 65.2 Å². The van der Waals surface area contributed by atoms with Crippen LogP contribution >= 0.6 is 0 Å². The number of benzene rings is 2. The molecule has 4 rings (SSSR count). The van der Waals surface area contributed by atoms with Crippen molar-refractivity contribution in [2.75, 3.05) is 25.0 Å². The van der Waals surface area contributed by atoms with Gasteiger partial charge in [-0.25, -0.2) is 5.48 Å². The van der Waals surface area contributed by atoms with Crippen molar-refractivity contribution < 1.29 is 19.6 Å². The van der Waals surface area contributed by atoms with Crippen LogP contribution < -0.4 is 27.2 Å². The Labute approximate surface area is 236 Å². The molecule has 4 atom stereocenters. The van der Waals surface area contributed by atoms with Gasteiger partial charge in [-0.3, -0.25) is 19.6 Å². The quantitative estimate of drug-likeness (QED) is 0.162. The van der Waals surface area contributed by atoms with Crippen LogP contribution in [0.15, 0.2) is 48.5 Å². The molecule has 9 nitrogen and oxygen atoms in total.